The van der Waals surface area contributed by atoms with Crippen LogP contribution in [0.25, 0.3) is 0 Å². The molecule has 2 heterocycles. The van der Waals surface area contributed by atoms with Crippen LogP contribution in [-0.4, -0.2) is 14.8 Å². The average Bonchev–Trinajstić information content (AvgIpc) is 2.72. The Morgan fingerprint density at radius 1 is 1.39 bits per heavy atom. The molecule has 4 heteroatoms. The number of aryl methyl sites for hydroxylation is 1. The summed E-state index contributed by atoms with van der Waals surface area (Å²) in [7, 11) is 0. The smallest absolute Gasteiger partial charge is 0.137 e. The summed E-state index contributed by atoms with van der Waals surface area (Å²) >= 11 is 6.01. The van der Waals surface area contributed by atoms with Gasteiger partial charge in [-0.1, -0.05) is 30.7 Å². The second-order valence-electron chi connectivity index (χ2n) is 5.09. The Balaban J connectivity index is 1.87. The molecule has 1 aromatic carbocycles. The fraction of sp³-hybridized carbons (Fsp3) is 0.429. The van der Waals surface area contributed by atoms with Gasteiger partial charge in [-0.2, -0.15) is 0 Å². The van der Waals surface area contributed by atoms with Crippen molar-refractivity contribution < 1.29 is 0 Å². The molecule has 0 N–H and O–H groups in total. The number of benzene rings is 1. The topological polar surface area (TPSA) is 30.7 Å². The van der Waals surface area contributed by atoms with Crippen molar-refractivity contribution in [1.82, 2.24) is 14.8 Å². The van der Waals surface area contributed by atoms with Gasteiger partial charge in [0, 0.05) is 24.4 Å². The third-order valence-electron chi connectivity index (χ3n) is 3.51. The van der Waals surface area contributed by atoms with Crippen LogP contribution in [0, 0.1) is 5.92 Å². The Morgan fingerprint density at radius 3 is 3.11 bits per heavy atom. The summed E-state index contributed by atoms with van der Waals surface area (Å²) in [6.07, 6.45) is 3.07. The fourth-order valence-electron chi connectivity index (χ4n) is 2.51. The number of halogens is 1. The van der Waals surface area contributed by atoms with Crippen LogP contribution in [0.1, 0.15) is 30.6 Å². The van der Waals surface area contributed by atoms with Crippen molar-refractivity contribution in [3.63, 3.8) is 0 Å². The number of hydrogen-bond donors (Lipinski definition) is 0. The fourth-order valence-corrected chi connectivity index (χ4v) is 2.72. The van der Waals surface area contributed by atoms with Crippen LogP contribution in [0.4, 0.5) is 0 Å². The third kappa shape index (κ3) is 2.27. The lowest BCUT2D eigenvalue weighted by molar-refractivity contribution is 0.387. The second kappa shape index (κ2) is 4.73. The van der Waals surface area contributed by atoms with E-state index in [0.29, 0.717) is 5.92 Å². The van der Waals surface area contributed by atoms with E-state index in [0.717, 1.165) is 36.1 Å². The van der Waals surface area contributed by atoms with Gasteiger partial charge in [0.25, 0.3) is 0 Å². The lowest BCUT2D eigenvalue weighted by Gasteiger charge is -2.20. The largest absolute Gasteiger partial charge is 0.314 e. The van der Waals surface area contributed by atoms with E-state index >= 15 is 0 Å². The van der Waals surface area contributed by atoms with Crippen LogP contribution in [0.2, 0.25) is 5.02 Å². The van der Waals surface area contributed by atoms with Crippen LogP contribution < -0.4 is 0 Å². The van der Waals surface area contributed by atoms with Crippen molar-refractivity contribution in [1.29, 1.82) is 0 Å². The predicted octanol–water partition coefficient (Wildman–Crippen LogP) is 3.10. The van der Waals surface area contributed by atoms with Crippen LogP contribution in [0.3, 0.4) is 0 Å². The highest BCUT2D eigenvalue weighted by Gasteiger charge is 2.19. The van der Waals surface area contributed by atoms with E-state index in [4.69, 9.17) is 11.6 Å². The van der Waals surface area contributed by atoms with Crippen LogP contribution >= 0.6 is 11.6 Å². The summed E-state index contributed by atoms with van der Waals surface area (Å²) in [5.74, 6) is 2.90. The van der Waals surface area contributed by atoms with E-state index in [9.17, 15) is 0 Å². The maximum Gasteiger partial charge on any atom is 0.137 e. The average molecular weight is 262 g/mol. The minimum absolute atomic E-state index is 0.714. The van der Waals surface area contributed by atoms with Crippen molar-refractivity contribution in [3.8, 4) is 0 Å². The molecule has 0 radical (unpaired) electrons. The quantitative estimate of drug-likeness (QED) is 0.832. The molecule has 1 unspecified atom stereocenters. The van der Waals surface area contributed by atoms with Crippen molar-refractivity contribution in [2.24, 2.45) is 5.92 Å². The van der Waals surface area contributed by atoms with Crippen LogP contribution in [0.15, 0.2) is 24.3 Å². The second-order valence-corrected chi connectivity index (χ2v) is 5.53. The number of aromatic nitrogens is 3. The zero-order valence-electron chi connectivity index (χ0n) is 10.4. The molecule has 0 saturated carbocycles. The Hall–Kier alpha value is -1.35. The SMILES string of the molecule is CC1CCc2nnc(Cc3cccc(Cl)c3)n2C1. The van der Waals surface area contributed by atoms with Gasteiger partial charge in [0.15, 0.2) is 0 Å². The summed E-state index contributed by atoms with van der Waals surface area (Å²) in [4.78, 5) is 0. The Labute approximate surface area is 112 Å². The highest BCUT2D eigenvalue weighted by atomic mass is 35.5. The lowest BCUT2D eigenvalue weighted by atomic mass is 10.0. The molecule has 3 rings (SSSR count). The molecule has 3 nitrogen and oxygen atoms in total. The standard InChI is InChI=1S/C14H16ClN3/c1-10-5-6-13-16-17-14(18(13)9-10)8-11-3-2-4-12(15)7-11/h2-4,7,10H,5-6,8-9H2,1H3. The van der Waals surface area contributed by atoms with Crippen molar-refractivity contribution in [3.05, 3.63) is 46.5 Å². The maximum absolute atomic E-state index is 6.01. The highest BCUT2D eigenvalue weighted by molar-refractivity contribution is 6.30. The maximum atomic E-state index is 6.01. The molecule has 1 atom stereocenters. The van der Waals surface area contributed by atoms with Gasteiger partial charge >= 0.3 is 0 Å². The van der Waals surface area contributed by atoms with Gasteiger partial charge in [0.05, 0.1) is 0 Å². The van der Waals surface area contributed by atoms with E-state index in [2.05, 4.69) is 27.8 Å². The molecule has 94 valence electrons. The van der Waals surface area contributed by atoms with Crippen molar-refractivity contribution in [2.45, 2.75) is 32.7 Å². The van der Waals surface area contributed by atoms with Gasteiger partial charge in [0.1, 0.15) is 11.6 Å². The first-order chi connectivity index (χ1) is 8.72. The number of hydrogen-bond acceptors (Lipinski definition) is 2. The molecule has 18 heavy (non-hydrogen) atoms. The minimum Gasteiger partial charge on any atom is -0.314 e. The summed E-state index contributed by atoms with van der Waals surface area (Å²) in [6.45, 7) is 3.32. The molecule has 0 bridgehead atoms. The van der Waals surface area contributed by atoms with Crippen LogP contribution in [0.5, 0.6) is 0 Å². The monoisotopic (exact) mass is 261 g/mol. The molecule has 0 amide bonds. The lowest BCUT2D eigenvalue weighted by Crippen LogP contribution is -2.20. The van der Waals surface area contributed by atoms with Gasteiger partial charge in [-0.05, 0) is 30.0 Å². The van der Waals surface area contributed by atoms with E-state index in [1.165, 1.54) is 12.0 Å². The molecule has 1 aromatic heterocycles. The molecule has 0 aliphatic carbocycles. The van der Waals surface area contributed by atoms with Gasteiger partial charge < -0.3 is 4.57 Å². The summed E-state index contributed by atoms with van der Waals surface area (Å²) < 4.78 is 2.27. The Morgan fingerprint density at radius 2 is 2.28 bits per heavy atom. The molecule has 1 aliphatic heterocycles. The van der Waals surface area contributed by atoms with Crippen molar-refractivity contribution in [2.75, 3.05) is 0 Å². The molecule has 1 aliphatic rings. The van der Waals surface area contributed by atoms with Gasteiger partial charge in [-0.3, -0.25) is 0 Å². The first kappa shape index (κ1) is 11.7. The van der Waals surface area contributed by atoms with E-state index < -0.39 is 0 Å². The first-order valence-electron chi connectivity index (χ1n) is 6.38. The molecule has 0 fully saturated rings. The van der Waals surface area contributed by atoms with E-state index in [1.807, 2.05) is 18.2 Å². The molecule has 0 spiro atoms. The summed E-state index contributed by atoms with van der Waals surface area (Å²) in [5, 5.41) is 9.39. The molecular formula is C14H16ClN3. The van der Waals surface area contributed by atoms with E-state index in [1.54, 1.807) is 0 Å². The zero-order chi connectivity index (χ0) is 12.5. The zero-order valence-corrected chi connectivity index (χ0v) is 11.2. The molecular weight excluding hydrogens is 246 g/mol. The Kier molecular flexibility index (Phi) is 3.08. The third-order valence-corrected chi connectivity index (χ3v) is 3.75. The van der Waals surface area contributed by atoms with Crippen LogP contribution in [-0.2, 0) is 19.4 Å². The minimum atomic E-state index is 0.714. The number of fused-ring (bicyclic) bond motifs is 1. The summed E-state index contributed by atoms with van der Waals surface area (Å²) in [5.41, 5.74) is 1.19. The predicted molar refractivity (Wildman–Crippen MR) is 71.8 cm³/mol. The van der Waals surface area contributed by atoms with E-state index in [-0.39, 0.29) is 0 Å². The molecule has 2 aromatic rings. The number of rotatable bonds is 2. The summed E-state index contributed by atoms with van der Waals surface area (Å²) in [6, 6.07) is 7.95. The van der Waals surface area contributed by atoms with Gasteiger partial charge in [0.2, 0.25) is 0 Å². The molecule has 0 saturated heterocycles. The number of nitrogens with zero attached hydrogens (tertiary/aromatic N) is 3. The normalized spacial score (nSPS) is 18.7. The van der Waals surface area contributed by atoms with Gasteiger partial charge in [-0.15, -0.1) is 10.2 Å². The highest BCUT2D eigenvalue weighted by Crippen LogP contribution is 2.21. The van der Waals surface area contributed by atoms with Gasteiger partial charge in [-0.25, -0.2) is 0 Å². The van der Waals surface area contributed by atoms with Crippen molar-refractivity contribution >= 4 is 11.6 Å². The Bertz CT molecular complexity index is 562. The first-order valence-corrected chi connectivity index (χ1v) is 6.75.